The van der Waals surface area contributed by atoms with Gasteiger partial charge < -0.3 is 14.8 Å². The molecule has 0 saturated carbocycles. The monoisotopic (exact) mass is 175 g/mol. The first kappa shape index (κ1) is 7.94. The SMILES string of the molecule is CNc1c(O)cc(Cl)oc1=O. The zero-order chi connectivity index (χ0) is 8.43. The van der Waals surface area contributed by atoms with E-state index in [4.69, 9.17) is 16.7 Å². The normalized spacial score (nSPS) is 9.64. The van der Waals surface area contributed by atoms with Gasteiger partial charge in [-0.2, -0.15) is 0 Å². The first-order valence-electron chi connectivity index (χ1n) is 2.85. The number of hydrogen-bond donors (Lipinski definition) is 2. The van der Waals surface area contributed by atoms with E-state index in [1.165, 1.54) is 7.05 Å². The molecule has 0 atom stereocenters. The van der Waals surface area contributed by atoms with Crippen molar-refractivity contribution in [3.63, 3.8) is 0 Å². The fraction of sp³-hybridized carbons (Fsp3) is 0.167. The van der Waals surface area contributed by atoms with Crippen molar-refractivity contribution in [1.29, 1.82) is 0 Å². The van der Waals surface area contributed by atoms with Gasteiger partial charge in [0, 0.05) is 13.1 Å². The molecule has 1 heterocycles. The molecule has 0 saturated heterocycles. The van der Waals surface area contributed by atoms with Crippen LogP contribution in [0.25, 0.3) is 0 Å². The summed E-state index contributed by atoms with van der Waals surface area (Å²) in [4.78, 5) is 10.8. The van der Waals surface area contributed by atoms with E-state index in [1.807, 2.05) is 0 Å². The van der Waals surface area contributed by atoms with Crippen LogP contribution >= 0.6 is 11.6 Å². The number of hydrogen-bond acceptors (Lipinski definition) is 4. The molecular formula is C6H6ClNO3. The molecule has 0 unspecified atom stereocenters. The van der Waals surface area contributed by atoms with E-state index in [0.29, 0.717) is 0 Å². The molecule has 0 radical (unpaired) electrons. The van der Waals surface area contributed by atoms with Gasteiger partial charge in [0.1, 0.15) is 0 Å². The van der Waals surface area contributed by atoms with Crippen molar-refractivity contribution in [3.05, 3.63) is 21.7 Å². The molecule has 11 heavy (non-hydrogen) atoms. The topological polar surface area (TPSA) is 62.5 Å². The van der Waals surface area contributed by atoms with Crippen molar-refractivity contribution in [3.8, 4) is 5.75 Å². The van der Waals surface area contributed by atoms with E-state index >= 15 is 0 Å². The van der Waals surface area contributed by atoms with Gasteiger partial charge in [0.25, 0.3) is 0 Å². The second-order valence-electron chi connectivity index (χ2n) is 1.85. The number of aromatic hydroxyl groups is 1. The third-order valence-corrected chi connectivity index (χ3v) is 1.34. The first-order chi connectivity index (χ1) is 5.15. The summed E-state index contributed by atoms with van der Waals surface area (Å²) < 4.78 is 4.47. The molecule has 1 aromatic rings. The lowest BCUT2D eigenvalue weighted by Gasteiger charge is -1.99. The van der Waals surface area contributed by atoms with Crippen LogP contribution in [0.4, 0.5) is 5.69 Å². The molecule has 1 rings (SSSR count). The Bertz CT molecular complexity index is 320. The van der Waals surface area contributed by atoms with Gasteiger partial charge in [0.15, 0.2) is 11.4 Å². The lowest BCUT2D eigenvalue weighted by molar-refractivity contribution is 0.452. The largest absolute Gasteiger partial charge is 0.505 e. The third-order valence-electron chi connectivity index (χ3n) is 1.15. The fourth-order valence-corrected chi connectivity index (χ4v) is 0.857. The maximum absolute atomic E-state index is 10.8. The molecule has 0 spiro atoms. The Labute approximate surface area is 67.4 Å². The zero-order valence-corrected chi connectivity index (χ0v) is 6.47. The lowest BCUT2D eigenvalue weighted by Crippen LogP contribution is -2.06. The van der Waals surface area contributed by atoms with Crippen molar-refractivity contribution in [1.82, 2.24) is 0 Å². The minimum atomic E-state index is -0.683. The van der Waals surface area contributed by atoms with E-state index in [0.717, 1.165) is 6.07 Å². The lowest BCUT2D eigenvalue weighted by atomic mass is 10.4. The van der Waals surface area contributed by atoms with Gasteiger partial charge in [-0.3, -0.25) is 0 Å². The average Bonchev–Trinajstić information content (AvgIpc) is 1.85. The zero-order valence-electron chi connectivity index (χ0n) is 5.72. The van der Waals surface area contributed by atoms with E-state index in [9.17, 15) is 4.79 Å². The number of rotatable bonds is 1. The molecule has 60 valence electrons. The van der Waals surface area contributed by atoms with Crippen LogP contribution in [-0.4, -0.2) is 12.2 Å². The minimum absolute atomic E-state index is 0.00870. The smallest absolute Gasteiger partial charge is 0.364 e. The summed E-state index contributed by atoms with van der Waals surface area (Å²) in [6.07, 6.45) is 0. The Hall–Kier alpha value is -1.16. The van der Waals surface area contributed by atoms with Gasteiger partial charge in [-0.15, -0.1) is 0 Å². The Kier molecular flexibility index (Phi) is 2.05. The predicted molar refractivity (Wildman–Crippen MR) is 41.2 cm³/mol. The number of halogens is 1. The molecule has 0 fully saturated rings. The van der Waals surface area contributed by atoms with Gasteiger partial charge >= 0.3 is 5.63 Å². The summed E-state index contributed by atoms with van der Waals surface area (Å²) in [5.74, 6) is -0.214. The number of nitrogens with one attached hydrogen (secondary N) is 1. The third kappa shape index (κ3) is 1.46. The maximum Gasteiger partial charge on any atom is 0.364 e. The Morgan fingerprint density at radius 1 is 1.73 bits per heavy atom. The van der Waals surface area contributed by atoms with E-state index < -0.39 is 5.63 Å². The van der Waals surface area contributed by atoms with Crippen LogP contribution in [0.1, 0.15) is 0 Å². The summed E-state index contributed by atoms with van der Waals surface area (Å²) in [5.41, 5.74) is -0.674. The van der Waals surface area contributed by atoms with E-state index in [1.54, 1.807) is 0 Å². The maximum atomic E-state index is 10.8. The second kappa shape index (κ2) is 2.84. The van der Waals surface area contributed by atoms with Crippen molar-refractivity contribution >= 4 is 17.3 Å². The highest BCUT2D eigenvalue weighted by atomic mass is 35.5. The van der Waals surface area contributed by atoms with Crippen LogP contribution in [0.5, 0.6) is 5.75 Å². The Morgan fingerprint density at radius 3 is 2.82 bits per heavy atom. The molecule has 0 bridgehead atoms. The van der Waals surface area contributed by atoms with Gasteiger partial charge in [-0.05, 0) is 11.6 Å². The molecule has 1 aromatic heterocycles. The van der Waals surface area contributed by atoms with E-state index in [2.05, 4.69) is 9.73 Å². The van der Waals surface area contributed by atoms with Crippen LogP contribution in [0.3, 0.4) is 0 Å². The highest BCUT2D eigenvalue weighted by molar-refractivity contribution is 6.28. The Balaban J connectivity index is 3.37. The molecule has 0 aliphatic heterocycles. The molecular weight excluding hydrogens is 170 g/mol. The quantitative estimate of drug-likeness (QED) is 0.670. The van der Waals surface area contributed by atoms with Gasteiger partial charge in [0.2, 0.25) is 5.22 Å². The van der Waals surface area contributed by atoms with Crippen molar-refractivity contribution in [2.24, 2.45) is 0 Å². The molecule has 4 nitrogen and oxygen atoms in total. The summed E-state index contributed by atoms with van der Waals surface area (Å²) in [6.45, 7) is 0. The van der Waals surface area contributed by atoms with Crippen LogP contribution in [0.15, 0.2) is 15.3 Å². The molecule has 0 aliphatic carbocycles. The standard InChI is InChI=1S/C6H6ClNO3/c1-8-5-3(9)2-4(7)11-6(5)10/h2,8-9H,1H3. The van der Waals surface area contributed by atoms with Crippen LogP contribution in [-0.2, 0) is 0 Å². The van der Waals surface area contributed by atoms with Gasteiger partial charge in [-0.25, -0.2) is 4.79 Å². The molecule has 0 amide bonds. The number of anilines is 1. The summed E-state index contributed by atoms with van der Waals surface area (Å²) >= 11 is 5.32. The minimum Gasteiger partial charge on any atom is -0.505 e. The first-order valence-corrected chi connectivity index (χ1v) is 3.23. The van der Waals surface area contributed by atoms with Crippen molar-refractivity contribution in [2.75, 3.05) is 12.4 Å². The van der Waals surface area contributed by atoms with Gasteiger partial charge in [0.05, 0.1) is 0 Å². The summed E-state index contributed by atoms with van der Waals surface area (Å²) in [7, 11) is 1.50. The van der Waals surface area contributed by atoms with Crippen LogP contribution in [0.2, 0.25) is 5.22 Å². The average molecular weight is 176 g/mol. The van der Waals surface area contributed by atoms with Crippen molar-refractivity contribution < 1.29 is 9.52 Å². The highest BCUT2D eigenvalue weighted by Crippen LogP contribution is 2.21. The van der Waals surface area contributed by atoms with Gasteiger partial charge in [-0.1, -0.05) is 0 Å². The second-order valence-corrected chi connectivity index (χ2v) is 2.22. The van der Waals surface area contributed by atoms with Crippen LogP contribution < -0.4 is 10.9 Å². The predicted octanol–water partition coefficient (Wildman–Crippen LogP) is 1.04. The molecule has 0 aromatic carbocycles. The molecule has 5 heteroatoms. The fourth-order valence-electron chi connectivity index (χ4n) is 0.683. The summed E-state index contributed by atoms with van der Waals surface area (Å²) in [5, 5.41) is 11.4. The van der Waals surface area contributed by atoms with Crippen LogP contribution in [0, 0.1) is 0 Å². The summed E-state index contributed by atoms with van der Waals surface area (Å²) in [6, 6.07) is 1.15. The van der Waals surface area contributed by atoms with Crippen molar-refractivity contribution in [2.45, 2.75) is 0 Å². The van der Waals surface area contributed by atoms with E-state index in [-0.39, 0.29) is 16.7 Å². The highest BCUT2D eigenvalue weighted by Gasteiger charge is 2.06. The molecule has 2 N–H and O–H groups in total. The Morgan fingerprint density at radius 2 is 2.36 bits per heavy atom. The molecule has 0 aliphatic rings.